The summed E-state index contributed by atoms with van der Waals surface area (Å²) < 4.78 is 5.67. The standard InChI is InChI=1S/C14H24N2O4/c1-14(9-15-10-14)20-8-12(17)16-6-2-3-11(7-16)4-5-13(18)19/h11,15H,2-10H2,1H3,(H,18,19). The molecule has 2 aliphatic heterocycles. The van der Waals surface area contributed by atoms with Crippen molar-refractivity contribution in [2.45, 2.75) is 38.2 Å². The number of likely N-dealkylation sites (tertiary alicyclic amines) is 1. The van der Waals surface area contributed by atoms with Gasteiger partial charge in [0.15, 0.2) is 0 Å². The quantitative estimate of drug-likeness (QED) is 0.741. The summed E-state index contributed by atoms with van der Waals surface area (Å²) in [5, 5.41) is 11.9. The van der Waals surface area contributed by atoms with Crippen molar-refractivity contribution in [3.05, 3.63) is 0 Å². The Balaban J connectivity index is 1.73. The predicted molar refractivity (Wildman–Crippen MR) is 73.4 cm³/mol. The van der Waals surface area contributed by atoms with Crippen LogP contribution in [-0.2, 0) is 14.3 Å². The van der Waals surface area contributed by atoms with Crippen LogP contribution in [0.5, 0.6) is 0 Å². The van der Waals surface area contributed by atoms with Gasteiger partial charge >= 0.3 is 5.97 Å². The molecule has 20 heavy (non-hydrogen) atoms. The Labute approximate surface area is 119 Å². The summed E-state index contributed by atoms with van der Waals surface area (Å²) in [4.78, 5) is 24.6. The highest BCUT2D eigenvalue weighted by Gasteiger charge is 2.34. The van der Waals surface area contributed by atoms with E-state index in [4.69, 9.17) is 9.84 Å². The van der Waals surface area contributed by atoms with E-state index >= 15 is 0 Å². The molecule has 1 atom stereocenters. The van der Waals surface area contributed by atoms with Gasteiger partial charge in [-0.2, -0.15) is 0 Å². The molecule has 0 bridgehead atoms. The van der Waals surface area contributed by atoms with Crippen LogP contribution in [-0.4, -0.2) is 60.3 Å². The molecule has 0 aromatic rings. The Kier molecular flexibility index (Phi) is 4.99. The highest BCUT2D eigenvalue weighted by Crippen LogP contribution is 2.22. The molecule has 6 heteroatoms. The largest absolute Gasteiger partial charge is 0.481 e. The average molecular weight is 284 g/mol. The highest BCUT2D eigenvalue weighted by molar-refractivity contribution is 5.77. The van der Waals surface area contributed by atoms with E-state index in [1.54, 1.807) is 0 Å². The van der Waals surface area contributed by atoms with Gasteiger partial charge in [-0.15, -0.1) is 0 Å². The SMILES string of the molecule is CC1(OCC(=O)N2CCCC(CCC(=O)O)C2)CNC1. The van der Waals surface area contributed by atoms with Crippen LogP contribution in [0.3, 0.4) is 0 Å². The lowest BCUT2D eigenvalue weighted by Gasteiger charge is -2.40. The molecule has 0 aromatic carbocycles. The van der Waals surface area contributed by atoms with Crippen LogP contribution >= 0.6 is 0 Å². The number of hydrogen-bond donors (Lipinski definition) is 2. The molecule has 2 rings (SSSR count). The monoisotopic (exact) mass is 284 g/mol. The Morgan fingerprint density at radius 1 is 1.45 bits per heavy atom. The average Bonchev–Trinajstić information content (AvgIpc) is 2.40. The third kappa shape index (κ3) is 4.18. The van der Waals surface area contributed by atoms with Crippen LogP contribution in [0, 0.1) is 5.92 Å². The fourth-order valence-corrected chi connectivity index (χ4v) is 2.76. The van der Waals surface area contributed by atoms with E-state index in [2.05, 4.69) is 5.32 Å². The first-order valence-electron chi connectivity index (χ1n) is 7.33. The van der Waals surface area contributed by atoms with Crippen molar-refractivity contribution in [1.29, 1.82) is 0 Å². The molecule has 2 fully saturated rings. The first-order valence-corrected chi connectivity index (χ1v) is 7.33. The third-order valence-corrected chi connectivity index (χ3v) is 4.18. The van der Waals surface area contributed by atoms with Crippen LogP contribution in [0.25, 0.3) is 0 Å². The second-order valence-electron chi connectivity index (χ2n) is 6.12. The summed E-state index contributed by atoms with van der Waals surface area (Å²) in [7, 11) is 0. The van der Waals surface area contributed by atoms with Gasteiger partial charge in [0.25, 0.3) is 0 Å². The Morgan fingerprint density at radius 2 is 2.20 bits per heavy atom. The molecule has 0 saturated carbocycles. The number of carboxylic acid groups (broad SMARTS) is 1. The van der Waals surface area contributed by atoms with Crippen molar-refractivity contribution in [2.75, 3.05) is 32.8 Å². The van der Waals surface area contributed by atoms with E-state index in [-0.39, 0.29) is 24.5 Å². The van der Waals surface area contributed by atoms with Gasteiger partial charge in [0.1, 0.15) is 6.61 Å². The minimum atomic E-state index is -0.762. The lowest BCUT2D eigenvalue weighted by atomic mass is 9.93. The van der Waals surface area contributed by atoms with Crippen LogP contribution in [0.4, 0.5) is 0 Å². The maximum atomic E-state index is 12.1. The second kappa shape index (κ2) is 6.54. The van der Waals surface area contributed by atoms with Crippen LogP contribution in [0.2, 0.25) is 0 Å². The molecule has 2 saturated heterocycles. The molecule has 0 spiro atoms. The molecule has 0 radical (unpaired) electrons. The van der Waals surface area contributed by atoms with E-state index in [1.165, 1.54) is 0 Å². The molecule has 1 unspecified atom stereocenters. The zero-order chi connectivity index (χ0) is 14.6. The van der Waals surface area contributed by atoms with Gasteiger partial charge in [-0.05, 0) is 32.1 Å². The van der Waals surface area contributed by atoms with Gasteiger partial charge in [0, 0.05) is 32.6 Å². The first kappa shape index (κ1) is 15.3. The molecule has 0 aliphatic carbocycles. The summed E-state index contributed by atoms with van der Waals surface area (Å²) in [6.45, 7) is 5.15. The molecule has 2 N–H and O–H groups in total. The molecule has 6 nitrogen and oxygen atoms in total. The van der Waals surface area contributed by atoms with Gasteiger partial charge in [0.2, 0.25) is 5.91 Å². The summed E-state index contributed by atoms with van der Waals surface area (Å²) in [6.07, 6.45) is 2.81. The lowest BCUT2D eigenvalue weighted by Crippen LogP contribution is -2.60. The number of amides is 1. The zero-order valence-electron chi connectivity index (χ0n) is 12.1. The maximum Gasteiger partial charge on any atom is 0.303 e. The van der Waals surface area contributed by atoms with Crippen molar-refractivity contribution >= 4 is 11.9 Å². The van der Waals surface area contributed by atoms with E-state index in [0.29, 0.717) is 18.9 Å². The number of rotatable bonds is 6. The number of ether oxygens (including phenoxy) is 1. The second-order valence-corrected chi connectivity index (χ2v) is 6.12. The Morgan fingerprint density at radius 3 is 2.80 bits per heavy atom. The number of hydrogen-bond acceptors (Lipinski definition) is 4. The molecule has 114 valence electrons. The number of nitrogens with zero attached hydrogens (tertiary/aromatic N) is 1. The van der Waals surface area contributed by atoms with Crippen LogP contribution < -0.4 is 5.32 Å². The first-order chi connectivity index (χ1) is 9.48. The van der Waals surface area contributed by atoms with E-state index in [0.717, 1.165) is 32.5 Å². The molecule has 2 heterocycles. The molecule has 0 aromatic heterocycles. The summed E-state index contributed by atoms with van der Waals surface area (Å²) >= 11 is 0. The number of carbonyl (C=O) groups excluding carboxylic acids is 1. The maximum absolute atomic E-state index is 12.1. The fraction of sp³-hybridized carbons (Fsp3) is 0.857. The fourth-order valence-electron chi connectivity index (χ4n) is 2.76. The zero-order valence-corrected chi connectivity index (χ0v) is 12.1. The Bertz CT molecular complexity index is 368. The normalized spacial score (nSPS) is 25.1. The van der Waals surface area contributed by atoms with Gasteiger partial charge < -0.3 is 20.1 Å². The van der Waals surface area contributed by atoms with E-state index in [9.17, 15) is 9.59 Å². The minimum absolute atomic E-state index is 0.0261. The van der Waals surface area contributed by atoms with Gasteiger partial charge in [0.05, 0.1) is 5.60 Å². The van der Waals surface area contributed by atoms with Crippen molar-refractivity contribution in [3.63, 3.8) is 0 Å². The lowest BCUT2D eigenvalue weighted by molar-refractivity contribution is -0.147. The number of nitrogens with one attached hydrogen (secondary N) is 1. The van der Waals surface area contributed by atoms with Gasteiger partial charge in [-0.25, -0.2) is 0 Å². The number of aliphatic carboxylic acids is 1. The van der Waals surface area contributed by atoms with Crippen LogP contribution in [0.1, 0.15) is 32.6 Å². The van der Waals surface area contributed by atoms with Gasteiger partial charge in [-0.3, -0.25) is 9.59 Å². The Hall–Kier alpha value is -1.14. The summed E-state index contributed by atoms with van der Waals surface area (Å²) in [5.74, 6) is -0.426. The molecular formula is C14H24N2O4. The van der Waals surface area contributed by atoms with Crippen molar-refractivity contribution in [1.82, 2.24) is 10.2 Å². The topological polar surface area (TPSA) is 78.9 Å². The summed E-state index contributed by atoms with van der Waals surface area (Å²) in [6, 6.07) is 0. The number of carbonyl (C=O) groups is 2. The van der Waals surface area contributed by atoms with Crippen molar-refractivity contribution in [3.8, 4) is 0 Å². The van der Waals surface area contributed by atoms with Gasteiger partial charge in [-0.1, -0.05) is 0 Å². The van der Waals surface area contributed by atoms with Crippen LogP contribution in [0.15, 0.2) is 0 Å². The number of carboxylic acids is 1. The number of piperidine rings is 1. The van der Waals surface area contributed by atoms with E-state index in [1.807, 2.05) is 11.8 Å². The summed E-state index contributed by atoms with van der Waals surface area (Å²) in [5.41, 5.74) is -0.200. The smallest absolute Gasteiger partial charge is 0.303 e. The molecule has 1 amide bonds. The minimum Gasteiger partial charge on any atom is -0.481 e. The van der Waals surface area contributed by atoms with Crippen molar-refractivity contribution in [2.24, 2.45) is 5.92 Å². The third-order valence-electron chi connectivity index (χ3n) is 4.18. The molecule has 2 aliphatic rings. The van der Waals surface area contributed by atoms with E-state index < -0.39 is 5.97 Å². The predicted octanol–water partition coefficient (Wildman–Crippen LogP) is 0.468. The molecular weight excluding hydrogens is 260 g/mol. The van der Waals surface area contributed by atoms with Crippen molar-refractivity contribution < 1.29 is 19.4 Å². The highest BCUT2D eigenvalue weighted by atomic mass is 16.5.